The first-order valence-corrected chi connectivity index (χ1v) is 6.51. The minimum atomic E-state index is -6.70. The molecule has 0 nitrogen and oxygen atoms in total. The Bertz CT molecular complexity index is 378. The number of hydrogen-bond donors (Lipinski definition) is 0. The highest BCUT2D eigenvalue weighted by Gasteiger charge is 2.80. The molecule has 0 aliphatic heterocycles. The Hall–Kier alpha value is 0.620. The highest BCUT2D eigenvalue weighted by Crippen LogP contribution is 2.59. The molecule has 0 aromatic heterocycles. The number of alkyl halides is 14. The predicted octanol–water partition coefficient (Wildman–Crippen LogP) is 5.97. The molecule has 0 saturated heterocycles. The zero-order valence-corrected chi connectivity index (χ0v) is 13.3. The average Bonchev–Trinajstić information content (AvgIpc) is 2.11. The summed E-state index contributed by atoms with van der Waals surface area (Å²) in [5.41, 5.74) is 0. The van der Waals surface area contributed by atoms with Crippen molar-refractivity contribution in [3.8, 4) is 0 Å². The molecule has 0 N–H and O–H groups in total. The van der Waals surface area contributed by atoms with Crippen LogP contribution in [0.4, 0.5) is 52.7 Å². The molecule has 0 saturated carbocycles. The van der Waals surface area contributed by atoms with E-state index in [1.807, 2.05) is 0 Å². The van der Waals surface area contributed by atoms with Crippen molar-refractivity contribution in [1.82, 2.24) is 0 Å². The number of rotatable bonds is 5. The van der Waals surface area contributed by atoms with Crippen molar-refractivity contribution in [3.63, 3.8) is 0 Å². The van der Waals surface area contributed by atoms with Gasteiger partial charge in [0.05, 0.1) is 6.42 Å². The van der Waals surface area contributed by atoms with Gasteiger partial charge in [0.15, 0.2) is 0 Å². The molecule has 0 radical (unpaired) electrons. The van der Waals surface area contributed by atoms with Gasteiger partial charge in [-0.05, 0) is 22.6 Å². The van der Waals surface area contributed by atoms with Gasteiger partial charge in [-0.15, -0.1) is 0 Å². The van der Waals surface area contributed by atoms with E-state index in [4.69, 9.17) is 0 Å². The average molecular weight is 568 g/mol. The zero-order valence-electron chi connectivity index (χ0n) is 9.00. The molecule has 0 aliphatic carbocycles. The third-order valence-corrected chi connectivity index (χ3v) is 4.15. The van der Waals surface area contributed by atoms with Crippen LogP contribution in [0.1, 0.15) is 6.42 Å². The maximum Gasteiger partial charge on any atom is 0.438 e. The predicted molar refractivity (Wildman–Crippen MR) is 62.3 cm³/mol. The van der Waals surface area contributed by atoms with E-state index >= 15 is 0 Å². The van der Waals surface area contributed by atoms with Crippen molar-refractivity contribution >= 4 is 45.2 Å². The molecule has 0 fully saturated rings. The fraction of sp³-hybridized carbons (Fsp3) is 1.00. The molecule has 0 aromatic carbocycles. The molecule has 0 amide bonds. The van der Waals surface area contributed by atoms with Gasteiger partial charge in [0.25, 0.3) is 0 Å². The first-order valence-electron chi connectivity index (χ1n) is 4.35. The van der Waals surface area contributed by atoms with Gasteiger partial charge in [0.2, 0.25) is 0 Å². The second-order valence-corrected chi connectivity index (χ2v) is 6.57. The van der Waals surface area contributed by atoms with Gasteiger partial charge >= 0.3 is 31.5 Å². The molecule has 0 rings (SSSR count). The monoisotopic (exact) mass is 568 g/mol. The summed E-state index contributed by atoms with van der Waals surface area (Å²) in [6.07, 6.45) is -10.2. The van der Waals surface area contributed by atoms with Gasteiger partial charge in [0.1, 0.15) is 0 Å². The van der Waals surface area contributed by atoms with Crippen molar-refractivity contribution in [1.29, 1.82) is 0 Å². The van der Waals surface area contributed by atoms with E-state index in [-0.39, 0.29) is 22.6 Å². The van der Waals surface area contributed by atoms with Crippen LogP contribution in [0.15, 0.2) is 0 Å². The Morgan fingerprint density at radius 1 is 0.571 bits per heavy atom. The van der Waals surface area contributed by atoms with Gasteiger partial charge in [-0.3, -0.25) is 0 Å². The molecule has 128 valence electrons. The van der Waals surface area contributed by atoms with Gasteiger partial charge in [-0.1, -0.05) is 0 Å². The first-order chi connectivity index (χ1) is 8.71. The van der Waals surface area contributed by atoms with Gasteiger partial charge in [0, 0.05) is 22.6 Å². The molecule has 14 heteroatoms. The maximum atomic E-state index is 13.0. The smallest absolute Gasteiger partial charge is 0.215 e. The molecular weight excluding hydrogens is 566 g/mol. The lowest BCUT2D eigenvalue weighted by atomic mass is 9.99. The lowest BCUT2D eigenvalue weighted by Crippen LogP contribution is -2.61. The molecule has 0 bridgehead atoms. The van der Waals surface area contributed by atoms with Crippen molar-refractivity contribution in [2.45, 2.75) is 38.0 Å². The highest BCUT2D eigenvalue weighted by molar-refractivity contribution is 14.1. The van der Waals surface area contributed by atoms with Crippen LogP contribution in [0.25, 0.3) is 0 Å². The summed E-state index contributed by atoms with van der Waals surface area (Å²) in [6.45, 7) is 0. The summed E-state index contributed by atoms with van der Waals surface area (Å²) in [6, 6.07) is 0. The van der Waals surface area contributed by atoms with Crippen LogP contribution in [0.5, 0.6) is 0 Å². The van der Waals surface area contributed by atoms with E-state index in [1.165, 1.54) is 0 Å². The normalized spacial score (nSPS) is 18.6. The fourth-order valence-corrected chi connectivity index (χ4v) is 1.48. The van der Waals surface area contributed by atoms with Gasteiger partial charge in [-0.2, -0.15) is 48.3 Å². The van der Waals surface area contributed by atoms with E-state index in [0.29, 0.717) is 0 Å². The SMILES string of the molecule is FC(F)(F)C(F)(I)C(F)(F)C(F)(F)CC(F)(F)C(F)(F)I. The Morgan fingerprint density at radius 3 is 1.14 bits per heavy atom. The molecule has 0 spiro atoms. The Balaban J connectivity index is 5.71. The van der Waals surface area contributed by atoms with Crippen molar-refractivity contribution in [2.24, 2.45) is 0 Å². The Morgan fingerprint density at radius 2 is 0.905 bits per heavy atom. The van der Waals surface area contributed by atoms with Crippen molar-refractivity contribution < 1.29 is 52.7 Å². The van der Waals surface area contributed by atoms with Crippen LogP contribution in [0.2, 0.25) is 0 Å². The summed E-state index contributed by atoms with van der Waals surface area (Å²) in [5, 5.41) is 0. The molecule has 1 unspecified atom stereocenters. The molecule has 0 heterocycles. The summed E-state index contributed by atoms with van der Waals surface area (Å²) >= 11 is -1.09. The lowest BCUT2D eigenvalue weighted by Gasteiger charge is -2.37. The molecule has 0 aromatic rings. The molecular formula is C7H2F12I2. The highest BCUT2D eigenvalue weighted by atomic mass is 127. The maximum absolute atomic E-state index is 13.0. The van der Waals surface area contributed by atoms with E-state index in [2.05, 4.69) is 0 Å². The quantitative estimate of drug-likeness (QED) is 0.218. The number of halogens is 14. The van der Waals surface area contributed by atoms with Crippen LogP contribution < -0.4 is 0 Å². The largest absolute Gasteiger partial charge is 0.438 e. The second kappa shape index (κ2) is 5.61. The topological polar surface area (TPSA) is 0 Å². The fourth-order valence-electron chi connectivity index (χ4n) is 0.898. The Kier molecular flexibility index (Phi) is 5.77. The summed E-state index contributed by atoms with van der Waals surface area (Å²) in [7, 11) is 0. The van der Waals surface area contributed by atoms with Crippen molar-refractivity contribution in [2.75, 3.05) is 0 Å². The van der Waals surface area contributed by atoms with E-state index in [9.17, 15) is 52.7 Å². The minimum absolute atomic E-state index is 0.355. The van der Waals surface area contributed by atoms with Crippen LogP contribution in [-0.4, -0.2) is 31.5 Å². The zero-order chi connectivity index (χ0) is 17.7. The third-order valence-electron chi connectivity index (χ3n) is 2.07. The molecule has 21 heavy (non-hydrogen) atoms. The second-order valence-electron chi connectivity index (χ2n) is 3.73. The van der Waals surface area contributed by atoms with Crippen LogP contribution in [0, 0.1) is 0 Å². The van der Waals surface area contributed by atoms with E-state index in [0.717, 1.165) is 0 Å². The van der Waals surface area contributed by atoms with Crippen LogP contribution >= 0.6 is 45.2 Å². The lowest BCUT2D eigenvalue weighted by molar-refractivity contribution is -0.328. The van der Waals surface area contributed by atoms with Gasteiger partial charge < -0.3 is 0 Å². The van der Waals surface area contributed by atoms with Gasteiger partial charge in [-0.25, -0.2) is 4.39 Å². The van der Waals surface area contributed by atoms with E-state index in [1.54, 1.807) is 0 Å². The number of hydrogen-bond acceptors (Lipinski definition) is 0. The van der Waals surface area contributed by atoms with Crippen LogP contribution in [0.3, 0.4) is 0 Å². The molecule has 0 aliphatic rings. The van der Waals surface area contributed by atoms with E-state index < -0.39 is 60.6 Å². The third kappa shape index (κ3) is 3.94. The summed E-state index contributed by atoms with van der Waals surface area (Å²) in [5.74, 6) is -18.9. The van der Waals surface area contributed by atoms with Crippen LogP contribution in [-0.2, 0) is 0 Å². The molecule has 1 atom stereocenters. The standard InChI is InChI=1S/C7H2F12I2/c8-2(9,1-3(10,11)7(18,19)21)4(12,13)5(14,20)6(15,16)17/h1H2. The first kappa shape index (κ1) is 21.6. The van der Waals surface area contributed by atoms with Crippen molar-refractivity contribution in [3.05, 3.63) is 0 Å². The summed E-state index contributed by atoms with van der Waals surface area (Å²) in [4.78, 5) is 0. The Labute approximate surface area is 135 Å². The minimum Gasteiger partial charge on any atom is -0.215 e. The summed E-state index contributed by atoms with van der Waals surface area (Å²) < 4.78 is 139.